The van der Waals surface area contributed by atoms with Gasteiger partial charge in [0.25, 0.3) is 0 Å². The molecule has 1 fully saturated rings. The van der Waals surface area contributed by atoms with Crippen LogP contribution in [-0.4, -0.2) is 48.4 Å². The van der Waals surface area contributed by atoms with Crippen molar-refractivity contribution in [1.29, 1.82) is 0 Å². The molecule has 2 rings (SSSR count). The minimum Gasteiger partial charge on any atom is -0.354 e. The molecule has 4 amide bonds. The van der Waals surface area contributed by atoms with Gasteiger partial charge in [0.1, 0.15) is 6.04 Å². The maximum absolute atomic E-state index is 12.1. The highest BCUT2D eigenvalue weighted by Crippen LogP contribution is 2.11. The summed E-state index contributed by atoms with van der Waals surface area (Å²) in [4.78, 5) is 37.5. The molecule has 136 valence electrons. The number of urea groups is 1. The number of piperidine rings is 1. The molecule has 1 atom stereocenters. The topological polar surface area (TPSA) is 90.5 Å². The van der Waals surface area contributed by atoms with Gasteiger partial charge < -0.3 is 20.9 Å². The molecular weight excluding hydrogens is 320 g/mol. The second kappa shape index (κ2) is 9.05. The molecule has 0 spiro atoms. The Morgan fingerprint density at radius 3 is 2.48 bits per heavy atom. The fourth-order valence-corrected chi connectivity index (χ4v) is 2.80. The van der Waals surface area contributed by atoms with Crippen LogP contribution < -0.4 is 16.0 Å². The van der Waals surface area contributed by atoms with Gasteiger partial charge in [-0.25, -0.2) is 4.79 Å². The van der Waals surface area contributed by atoms with Crippen molar-refractivity contribution >= 4 is 23.5 Å². The van der Waals surface area contributed by atoms with E-state index in [0.717, 1.165) is 12.0 Å². The second-order valence-corrected chi connectivity index (χ2v) is 6.02. The van der Waals surface area contributed by atoms with E-state index in [9.17, 15) is 14.4 Å². The summed E-state index contributed by atoms with van der Waals surface area (Å²) in [7, 11) is 0. The predicted molar refractivity (Wildman–Crippen MR) is 96.3 cm³/mol. The quantitative estimate of drug-likeness (QED) is 0.729. The number of benzene rings is 1. The third-order valence-electron chi connectivity index (χ3n) is 4.27. The fraction of sp³-hybridized carbons (Fsp3) is 0.500. The van der Waals surface area contributed by atoms with Gasteiger partial charge in [-0.1, -0.05) is 12.1 Å². The summed E-state index contributed by atoms with van der Waals surface area (Å²) in [6.07, 6.45) is 1.84. The number of likely N-dealkylation sites (N-methyl/N-ethyl adjacent to an activating group) is 1. The van der Waals surface area contributed by atoms with Crippen LogP contribution in [0.25, 0.3) is 0 Å². The molecular formula is C18H26N4O3. The number of rotatable bonds is 6. The molecule has 1 aliphatic heterocycles. The summed E-state index contributed by atoms with van der Waals surface area (Å²) in [6.45, 7) is 5.97. The van der Waals surface area contributed by atoms with Crippen molar-refractivity contribution in [2.45, 2.75) is 39.2 Å². The van der Waals surface area contributed by atoms with Gasteiger partial charge >= 0.3 is 6.03 Å². The van der Waals surface area contributed by atoms with E-state index in [1.165, 1.54) is 0 Å². The molecule has 1 aromatic rings. The highest BCUT2D eigenvalue weighted by atomic mass is 16.2. The summed E-state index contributed by atoms with van der Waals surface area (Å²) in [5.74, 6) is -0.0570. The first-order valence-electron chi connectivity index (χ1n) is 8.75. The number of nitrogens with one attached hydrogen (secondary N) is 3. The molecule has 0 aliphatic carbocycles. The van der Waals surface area contributed by atoms with Crippen LogP contribution in [0.15, 0.2) is 24.3 Å². The van der Waals surface area contributed by atoms with Gasteiger partial charge in [-0.15, -0.1) is 0 Å². The Bertz CT molecular complexity index is 611. The minimum absolute atomic E-state index is 0.0896. The fourth-order valence-electron chi connectivity index (χ4n) is 2.80. The molecule has 0 aromatic heterocycles. The molecule has 1 heterocycles. The van der Waals surface area contributed by atoms with E-state index in [2.05, 4.69) is 16.0 Å². The number of carbonyl (C=O) groups is 3. The number of carbonyl (C=O) groups excluding carboxylic acids is 3. The molecule has 3 N–H and O–H groups in total. The van der Waals surface area contributed by atoms with Gasteiger partial charge in [-0.05, 0) is 44.4 Å². The SMILES string of the molecule is CCN(CC)C(=O)Cc1ccc(NC(=O)N[C@H]2CCCNC2=O)cc1. The number of hydrogen-bond donors (Lipinski definition) is 3. The number of hydrogen-bond acceptors (Lipinski definition) is 3. The van der Waals surface area contributed by atoms with E-state index < -0.39 is 12.1 Å². The monoisotopic (exact) mass is 346 g/mol. The van der Waals surface area contributed by atoms with Crippen LogP contribution in [0, 0.1) is 0 Å². The molecule has 0 saturated carbocycles. The molecule has 0 unspecified atom stereocenters. The van der Waals surface area contributed by atoms with Crippen molar-refractivity contribution in [1.82, 2.24) is 15.5 Å². The average molecular weight is 346 g/mol. The lowest BCUT2D eigenvalue weighted by atomic mass is 10.1. The molecule has 1 aromatic carbocycles. The molecule has 1 saturated heterocycles. The summed E-state index contributed by atoms with van der Waals surface area (Å²) >= 11 is 0. The van der Waals surface area contributed by atoms with E-state index in [0.29, 0.717) is 38.2 Å². The van der Waals surface area contributed by atoms with Crippen molar-refractivity contribution < 1.29 is 14.4 Å². The van der Waals surface area contributed by atoms with Gasteiger partial charge in [0.2, 0.25) is 11.8 Å². The lowest BCUT2D eigenvalue weighted by molar-refractivity contribution is -0.130. The van der Waals surface area contributed by atoms with Crippen LogP contribution in [0.5, 0.6) is 0 Å². The van der Waals surface area contributed by atoms with Crippen molar-refractivity contribution in [2.24, 2.45) is 0 Å². The van der Waals surface area contributed by atoms with Gasteiger partial charge in [0.15, 0.2) is 0 Å². The van der Waals surface area contributed by atoms with Crippen molar-refractivity contribution in [2.75, 3.05) is 25.0 Å². The van der Waals surface area contributed by atoms with E-state index >= 15 is 0 Å². The highest BCUT2D eigenvalue weighted by molar-refractivity contribution is 5.94. The van der Waals surface area contributed by atoms with E-state index in [1.807, 2.05) is 26.0 Å². The molecule has 7 nitrogen and oxygen atoms in total. The molecule has 7 heteroatoms. The standard InChI is InChI=1S/C18H26N4O3/c1-3-22(4-2)16(23)12-13-7-9-14(10-8-13)20-18(25)21-15-6-5-11-19-17(15)24/h7-10,15H,3-6,11-12H2,1-2H3,(H,19,24)(H2,20,21,25)/t15-/m0/s1. The van der Waals surface area contributed by atoms with Crippen LogP contribution in [0.2, 0.25) is 0 Å². The van der Waals surface area contributed by atoms with Crippen LogP contribution in [0.1, 0.15) is 32.3 Å². The van der Waals surface area contributed by atoms with E-state index in [4.69, 9.17) is 0 Å². The van der Waals surface area contributed by atoms with Crippen molar-refractivity contribution in [3.8, 4) is 0 Å². The first-order chi connectivity index (χ1) is 12.0. The zero-order valence-electron chi connectivity index (χ0n) is 14.8. The Hall–Kier alpha value is -2.57. The zero-order valence-corrected chi connectivity index (χ0v) is 14.8. The largest absolute Gasteiger partial charge is 0.354 e. The maximum Gasteiger partial charge on any atom is 0.319 e. The van der Waals surface area contributed by atoms with Crippen molar-refractivity contribution in [3.63, 3.8) is 0 Å². The van der Waals surface area contributed by atoms with Gasteiger partial charge in [0, 0.05) is 25.3 Å². The lowest BCUT2D eigenvalue weighted by Gasteiger charge is -2.22. The Morgan fingerprint density at radius 1 is 1.20 bits per heavy atom. The predicted octanol–water partition coefficient (Wildman–Crippen LogP) is 1.50. The Morgan fingerprint density at radius 2 is 1.88 bits per heavy atom. The first-order valence-corrected chi connectivity index (χ1v) is 8.75. The van der Waals surface area contributed by atoms with Crippen LogP contribution >= 0.6 is 0 Å². The third kappa shape index (κ3) is 5.48. The van der Waals surface area contributed by atoms with Crippen LogP contribution in [0.4, 0.5) is 10.5 Å². The molecule has 25 heavy (non-hydrogen) atoms. The second-order valence-electron chi connectivity index (χ2n) is 6.02. The number of amides is 4. The summed E-state index contributed by atoms with van der Waals surface area (Å²) in [5, 5.41) is 8.11. The minimum atomic E-state index is -0.486. The van der Waals surface area contributed by atoms with Gasteiger partial charge in [0.05, 0.1) is 6.42 Å². The maximum atomic E-state index is 12.1. The zero-order chi connectivity index (χ0) is 18.2. The lowest BCUT2D eigenvalue weighted by Crippen LogP contribution is -2.51. The Kier molecular flexibility index (Phi) is 6.80. The molecule has 1 aliphatic rings. The Labute approximate surface area is 148 Å². The first kappa shape index (κ1) is 18.8. The average Bonchev–Trinajstić information content (AvgIpc) is 2.60. The van der Waals surface area contributed by atoms with E-state index in [1.54, 1.807) is 17.0 Å². The third-order valence-corrected chi connectivity index (χ3v) is 4.27. The van der Waals surface area contributed by atoms with Gasteiger partial charge in [-0.3, -0.25) is 9.59 Å². The Balaban J connectivity index is 1.86. The van der Waals surface area contributed by atoms with Gasteiger partial charge in [-0.2, -0.15) is 0 Å². The van der Waals surface area contributed by atoms with Crippen LogP contribution in [0.3, 0.4) is 0 Å². The van der Waals surface area contributed by atoms with Crippen LogP contribution in [-0.2, 0) is 16.0 Å². The highest BCUT2D eigenvalue weighted by Gasteiger charge is 2.23. The number of nitrogens with zero attached hydrogens (tertiary/aromatic N) is 1. The summed E-state index contributed by atoms with van der Waals surface area (Å²) in [5.41, 5.74) is 1.52. The number of anilines is 1. The normalized spacial score (nSPS) is 16.7. The summed E-state index contributed by atoms with van der Waals surface area (Å²) < 4.78 is 0. The molecule has 0 bridgehead atoms. The summed E-state index contributed by atoms with van der Waals surface area (Å²) in [6, 6.07) is 6.26. The smallest absolute Gasteiger partial charge is 0.319 e. The van der Waals surface area contributed by atoms with Crippen molar-refractivity contribution in [3.05, 3.63) is 29.8 Å². The van der Waals surface area contributed by atoms with E-state index in [-0.39, 0.29) is 11.8 Å². The molecule has 0 radical (unpaired) electrons.